The van der Waals surface area contributed by atoms with E-state index in [9.17, 15) is 9.59 Å². The molecule has 1 saturated carbocycles. The zero-order valence-electron chi connectivity index (χ0n) is 14.2. The summed E-state index contributed by atoms with van der Waals surface area (Å²) in [6.07, 6.45) is 4.68. The molecule has 3 aliphatic rings. The fraction of sp³-hybridized carbons (Fsp3) is 0.667. The summed E-state index contributed by atoms with van der Waals surface area (Å²) in [6, 6.07) is 0. The molecule has 0 aromatic carbocycles. The van der Waals surface area contributed by atoms with Crippen LogP contribution in [-0.4, -0.2) is 32.2 Å². The van der Waals surface area contributed by atoms with Gasteiger partial charge in [-0.3, -0.25) is 9.59 Å². The molecule has 5 heteroatoms. The summed E-state index contributed by atoms with van der Waals surface area (Å²) < 4.78 is 11.3. The van der Waals surface area contributed by atoms with Gasteiger partial charge in [-0.15, -0.1) is 13.2 Å². The van der Waals surface area contributed by atoms with Gasteiger partial charge in [0.05, 0.1) is 11.8 Å². The van der Waals surface area contributed by atoms with Gasteiger partial charge in [-0.05, 0) is 5.54 Å². The third-order valence-electron chi connectivity index (χ3n) is 5.78. The van der Waals surface area contributed by atoms with E-state index >= 15 is 0 Å². The van der Waals surface area contributed by atoms with Crippen LogP contribution in [0, 0.1) is 23.7 Å². The standard InChI is InChI=1S/C18H26O4Si/c1-6-8-10-12-14(17(19)21-10)15-13(16(12)23(3,4)5)11(9-7-2)22-18(15)20/h6-7,10-16H,1-2,8-9H2,3-5H3/t10-,11+,12-,13+,14+,15-,16?. The molecule has 23 heavy (non-hydrogen) atoms. The molecule has 1 aliphatic carbocycles. The first-order chi connectivity index (χ1) is 10.8. The molecule has 0 aromatic heterocycles. The van der Waals surface area contributed by atoms with E-state index in [-0.39, 0.29) is 47.8 Å². The van der Waals surface area contributed by atoms with Gasteiger partial charge in [0, 0.05) is 32.8 Å². The number of hydrogen-bond acceptors (Lipinski definition) is 4. The fourth-order valence-electron chi connectivity index (χ4n) is 5.22. The minimum Gasteiger partial charge on any atom is -0.461 e. The van der Waals surface area contributed by atoms with Crippen LogP contribution in [0.25, 0.3) is 0 Å². The molecular formula is C18H26O4Si. The molecule has 2 heterocycles. The molecule has 0 bridgehead atoms. The van der Waals surface area contributed by atoms with Gasteiger partial charge in [-0.2, -0.15) is 0 Å². The van der Waals surface area contributed by atoms with Crippen molar-refractivity contribution in [1.29, 1.82) is 0 Å². The van der Waals surface area contributed by atoms with Crippen molar-refractivity contribution in [2.75, 3.05) is 0 Å². The van der Waals surface area contributed by atoms with Crippen LogP contribution in [0.4, 0.5) is 0 Å². The van der Waals surface area contributed by atoms with Crippen molar-refractivity contribution in [3.63, 3.8) is 0 Å². The van der Waals surface area contributed by atoms with Crippen LogP contribution in [0.15, 0.2) is 25.3 Å². The molecule has 1 unspecified atom stereocenters. The smallest absolute Gasteiger partial charge is 0.310 e. The molecule has 2 saturated heterocycles. The molecule has 0 spiro atoms. The Morgan fingerprint density at radius 1 is 0.913 bits per heavy atom. The molecular weight excluding hydrogens is 308 g/mol. The zero-order valence-corrected chi connectivity index (χ0v) is 15.2. The van der Waals surface area contributed by atoms with Crippen molar-refractivity contribution in [2.24, 2.45) is 23.7 Å². The molecule has 126 valence electrons. The van der Waals surface area contributed by atoms with E-state index in [2.05, 4.69) is 32.8 Å². The van der Waals surface area contributed by atoms with Crippen molar-refractivity contribution in [3.8, 4) is 0 Å². The van der Waals surface area contributed by atoms with E-state index in [1.54, 1.807) is 0 Å². The Bertz CT molecular complexity index is 508. The number of ether oxygens (including phenoxy) is 2. The Hall–Kier alpha value is -1.36. The first-order valence-corrected chi connectivity index (χ1v) is 12.0. The summed E-state index contributed by atoms with van der Waals surface area (Å²) >= 11 is 0. The second kappa shape index (κ2) is 5.62. The van der Waals surface area contributed by atoms with E-state index in [0.29, 0.717) is 18.4 Å². The van der Waals surface area contributed by atoms with Crippen LogP contribution in [0.5, 0.6) is 0 Å². The predicted molar refractivity (Wildman–Crippen MR) is 90.4 cm³/mol. The number of esters is 2. The largest absolute Gasteiger partial charge is 0.461 e. The highest BCUT2D eigenvalue weighted by atomic mass is 28.3. The Labute approximate surface area is 138 Å². The second-order valence-electron chi connectivity index (χ2n) is 8.10. The number of carbonyl (C=O) groups is 2. The Balaban J connectivity index is 2.05. The van der Waals surface area contributed by atoms with Gasteiger partial charge in [0.1, 0.15) is 12.2 Å². The third-order valence-corrected chi connectivity index (χ3v) is 8.55. The number of hydrogen-bond donors (Lipinski definition) is 0. The Kier molecular flexibility index (Phi) is 4.03. The quantitative estimate of drug-likeness (QED) is 0.440. The SMILES string of the molecule is C=CC[C@@H]1OC(=O)[C@H]2[C@H]3C(=O)O[C@H](CC=C)[C@H]3C([Si](C)(C)C)[C@H]21. The van der Waals surface area contributed by atoms with E-state index < -0.39 is 8.07 Å². The lowest BCUT2D eigenvalue weighted by Crippen LogP contribution is -2.41. The molecule has 0 aromatic rings. The van der Waals surface area contributed by atoms with Crippen LogP contribution in [0.1, 0.15) is 12.8 Å². The Morgan fingerprint density at radius 2 is 1.30 bits per heavy atom. The number of rotatable bonds is 5. The number of carbonyl (C=O) groups excluding carboxylic acids is 2. The third kappa shape index (κ3) is 2.40. The highest BCUT2D eigenvalue weighted by molar-refractivity contribution is 6.77. The molecule has 3 rings (SSSR count). The van der Waals surface area contributed by atoms with Gasteiger partial charge in [-0.1, -0.05) is 31.8 Å². The van der Waals surface area contributed by atoms with Crippen molar-refractivity contribution in [1.82, 2.24) is 0 Å². The molecule has 0 amide bonds. The predicted octanol–water partition coefficient (Wildman–Crippen LogP) is 3.18. The highest BCUT2D eigenvalue weighted by Crippen LogP contribution is 2.63. The molecule has 4 nitrogen and oxygen atoms in total. The van der Waals surface area contributed by atoms with Gasteiger partial charge in [0.25, 0.3) is 0 Å². The maximum absolute atomic E-state index is 12.5. The number of fused-ring (bicyclic) bond motifs is 3. The summed E-state index contributed by atoms with van der Waals surface area (Å²) in [5, 5.41) is 0. The number of cyclic esters (lactones) is 2. The van der Waals surface area contributed by atoms with Crippen LogP contribution < -0.4 is 0 Å². The van der Waals surface area contributed by atoms with Gasteiger partial charge < -0.3 is 9.47 Å². The Morgan fingerprint density at radius 3 is 1.61 bits per heavy atom. The minimum atomic E-state index is -1.63. The summed E-state index contributed by atoms with van der Waals surface area (Å²) in [6.45, 7) is 14.5. The van der Waals surface area contributed by atoms with E-state index in [4.69, 9.17) is 9.47 Å². The lowest BCUT2D eigenvalue weighted by Gasteiger charge is -2.37. The maximum atomic E-state index is 12.5. The van der Waals surface area contributed by atoms with Crippen molar-refractivity contribution < 1.29 is 19.1 Å². The summed E-state index contributed by atoms with van der Waals surface area (Å²) in [5.41, 5.74) is 0.338. The topological polar surface area (TPSA) is 52.6 Å². The van der Waals surface area contributed by atoms with E-state index in [1.807, 2.05) is 12.2 Å². The summed E-state index contributed by atoms with van der Waals surface area (Å²) in [7, 11) is -1.63. The normalized spacial score (nSPS) is 42.0. The monoisotopic (exact) mass is 334 g/mol. The fourth-order valence-corrected chi connectivity index (χ4v) is 8.37. The van der Waals surface area contributed by atoms with Crippen molar-refractivity contribution in [3.05, 3.63) is 25.3 Å². The first-order valence-electron chi connectivity index (χ1n) is 8.44. The average Bonchev–Trinajstić information content (AvgIpc) is 3.03. The van der Waals surface area contributed by atoms with E-state index in [1.165, 1.54) is 0 Å². The molecule has 0 N–H and O–H groups in total. The molecule has 3 fully saturated rings. The van der Waals surface area contributed by atoms with Gasteiger partial charge in [0.2, 0.25) is 0 Å². The maximum Gasteiger partial charge on any atom is 0.310 e. The average molecular weight is 334 g/mol. The van der Waals surface area contributed by atoms with Crippen molar-refractivity contribution in [2.45, 2.75) is 50.2 Å². The van der Waals surface area contributed by atoms with Crippen LogP contribution in [-0.2, 0) is 19.1 Å². The van der Waals surface area contributed by atoms with E-state index in [0.717, 1.165) is 0 Å². The van der Waals surface area contributed by atoms with Gasteiger partial charge in [0.15, 0.2) is 0 Å². The molecule has 2 aliphatic heterocycles. The van der Waals surface area contributed by atoms with Gasteiger partial charge >= 0.3 is 11.9 Å². The lowest BCUT2D eigenvalue weighted by molar-refractivity contribution is -0.152. The van der Waals surface area contributed by atoms with Crippen molar-refractivity contribution >= 4 is 20.0 Å². The van der Waals surface area contributed by atoms with Crippen LogP contribution >= 0.6 is 0 Å². The van der Waals surface area contributed by atoms with Crippen LogP contribution in [0.2, 0.25) is 25.2 Å². The molecule has 7 atom stereocenters. The summed E-state index contributed by atoms with van der Waals surface area (Å²) in [4.78, 5) is 25.0. The first kappa shape index (κ1) is 16.5. The van der Waals surface area contributed by atoms with Crippen LogP contribution in [0.3, 0.4) is 0 Å². The second-order valence-corrected chi connectivity index (χ2v) is 13.5. The zero-order chi connectivity index (χ0) is 16.9. The lowest BCUT2D eigenvalue weighted by atomic mass is 9.86. The minimum absolute atomic E-state index is 0.127. The molecule has 0 radical (unpaired) electrons. The van der Waals surface area contributed by atoms with Gasteiger partial charge in [-0.25, -0.2) is 0 Å². The highest BCUT2D eigenvalue weighted by Gasteiger charge is 2.69. The summed E-state index contributed by atoms with van der Waals surface area (Å²) in [5.74, 6) is -0.833.